The van der Waals surface area contributed by atoms with Crippen LogP contribution in [0.5, 0.6) is 0 Å². The van der Waals surface area contributed by atoms with Gasteiger partial charge in [0.2, 0.25) is 0 Å². The predicted octanol–water partition coefficient (Wildman–Crippen LogP) is 4.92. The van der Waals surface area contributed by atoms with E-state index in [1.807, 2.05) is 0 Å². The average molecular weight is 301 g/mol. The molecule has 1 aliphatic carbocycles. The Morgan fingerprint density at radius 2 is 1.79 bits per heavy atom. The molecule has 0 atom stereocenters. The lowest BCUT2D eigenvalue weighted by Crippen LogP contribution is -2.40. The van der Waals surface area contributed by atoms with Crippen LogP contribution in [-0.2, 0) is 4.74 Å². The van der Waals surface area contributed by atoms with Crippen molar-refractivity contribution < 1.29 is 9.53 Å². The van der Waals surface area contributed by atoms with E-state index in [4.69, 9.17) is 27.9 Å². The van der Waals surface area contributed by atoms with Gasteiger partial charge >= 0.3 is 0 Å². The molecular weight excluding hydrogens is 283 g/mol. The second kappa shape index (κ2) is 6.25. The minimum Gasteiger partial charge on any atom is -0.370 e. The number of ketones is 1. The Labute approximate surface area is 124 Å². The van der Waals surface area contributed by atoms with Crippen LogP contribution in [0.25, 0.3) is 0 Å². The summed E-state index contributed by atoms with van der Waals surface area (Å²) in [6, 6.07) is 5.16. The topological polar surface area (TPSA) is 26.3 Å². The van der Waals surface area contributed by atoms with Crippen LogP contribution >= 0.6 is 23.2 Å². The summed E-state index contributed by atoms with van der Waals surface area (Å²) in [5, 5.41) is 0.738. The highest BCUT2D eigenvalue weighted by Crippen LogP contribution is 2.36. The van der Waals surface area contributed by atoms with Crippen LogP contribution in [0.1, 0.15) is 48.9 Å². The standard InChI is InChI=1S/C15H18Cl2O2/c1-19-15(9-4-2-3-5-10-15)14(18)11-7-6-8-12(16)13(11)17/h6-8H,2-5,9-10H2,1H3. The highest BCUT2D eigenvalue weighted by Gasteiger charge is 2.40. The van der Waals surface area contributed by atoms with Crippen molar-refractivity contribution in [3.05, 3.63) is 33.8 Å². The molecule has 0 aliphatic heterocycles. The molecule has 0 radical (unpaired) electrons. The zero-order chi connectivity index (χ0) is 13.9. The summed E-state index contributed by atoms with van der Waals surface area (Å²) in [5.41, 5.74) is -0.261. The van der Waals surface area contributed by atoms with Crippen molar-refractivity contribution in [2.24, 2.45) is 0 Å². The number of hydrogen-bond donors (Lipinski definition) is 0. The maximum atomic E-state index is 12.8. The third kappa shape index (κ3) is 2.96. The molecule has 2 rings (SSSR count). The fourth-order valence-corrected chi connectivity index (χ4v) is 3.13. The van der Waals surface area contributed by atoms with Gasteiger partial charge < -0.3 is 4.74 Å². The van der Waals surface area contributed by atoms with Crippen LogP contribution < -0.4 is 0 Å². The van der Waals surface area contributed by atoms with Crippen LogP contribution in [0.4, 0.5) is 0 Å². The van der Waals surface area contributed by atoms with Gasteiger partial charge in [-0.2, -0.15) is 0 Å². The van der Waals surface area contributed by atoms with Gasteiger partial charge in [-0.1, -0.05) is 55.0 Å². The molecule has 0 aromatic heterocycles. The van der Waals surface area contributed by atoms with Crippen LogP contribution in [-0.4, -0.2) is 18.5 Å². The summed E-state index contributed by atoms with van der Waals surface area (Å²) in [6.07, 6.45) is 5.84. The molecule has 2 nitrogen and oxygen atoms in total. The largest absolute Gasteiger partial charge is 0.370 e. The third-order valence-corrected chi connectivity index (χ3v) is 4.73. The van der Waals surface area contributed by atoms with E-state index in [1.54, 1.807) is 25.3 Å². The van der Waals surface area contributed by atoms with Crippen molar-refractivity contribution in [1.82, 2.24) is 0 Å². The summed E-state index contributed by atoms with van der Waals surface area (Å²) in [6.45, 7) is 0. The Bertz CT molecular complexity index is 463. The molecule has 4 heteroatoms. The van der Waals surface area contributed by atoms with E-state index in [1.165, 1.54) is 0 Å². The van der Waals surface area contributed by atoms with Crippen molar-refractivity contribution in [3.8, 4) is 0 Å². The number of carbonyl (C=O) groups is 1. The first-order chi connectivity index (χ1) is 9.10. The van der Waals surface area contributed by atoms with E-state index < -0.39 is 5.60 Å². The van der Waals surface area contributed by atoms with Gasteiger partial charge in [-0.15, -0.1) is 0 Å². The summed E-state index contributed by atoms with van der Waals surface area (Å²) >= 11 is 12.2. The van der Waals surface area contributed by atoms with E-state index in [-0.39, 0.29) is 5.78 Å². The van der Waals surface area contributed by atoms with Crippen molar-refractivity contribution in [2.75, 3.05) is 7.11 Å². The van der Waals surface area contributed by atoms with E-state index in [2.05, 4.69) is 0 Å². The number of halogens is 2. The molecule has 104 valence electrons. The van der Waals surface area contributed by atoms with Gasteiger partial charge in [0.1, 0.15) is 5.60 Å². The van der Waals surface area contributed by atoms with Gasteiger partial charge in [0.15, 0.2) is 5.78 Å². The minimum absolute atomic E-state index is 0.0376. The monoisotopic (exact) mass is 300 g/mol. The minimum atomic E-state index is -0.731. The van der Waals surface area contributed by atoms with Crippen molar-refractivity contribution >= 4 is 29.0 Å². The molecule has 19 heavy (non-hydrogen) atoms. The van der Waals surface area contributed by atoms with Gasteiger partial charge in [-0.05, 0) is 25.0 Å². The number of ether oxygens (including phenoxy) is 1. The zero-order valence-electron chi connectivity index (χ0n) is 11.0. The zero-order valence-corrected chi connectivity index (χ0v) is 12.6. The fourth-order valence-electron chi connectivity index (χ4n) is 2.75. The normalized spacial score (nSPS) is 18.9. The Morgan fingerprint density at radius 1 is 1.16 bits per heavy atom. The number of Topliss-reactive ketones (excluding diaryl/α,β-unsaturated/α-hetero) is 1. The Hall–Kier alpha value is -0.570. The lowest BCUT2D eigenvalue weighted by atomic mass is 9.85. The van der Waals surface area contributed by atoms with Gasteiger partial charge in [-0.3, -0.25) is 4.79 Å². The third-order valence-electron chi connectivity index (χ3n) is 3.91. The Balaban J connectivity index is 2.37. The van der Waals surface area contributed by atoms with Crippen molar-refractivity contribution in [1.29, 1.82) is 0 Å². The van der Waals surface area contributed by atoms with Crippen molar-refractivity contribution in [3.63, 3.8) is 0 Å². The maximum Gasteiger partial charge on any atom is 0.196 e. The smallest absolute Gasteiger partial charge is 0.196 e. The molecule has 0 N–H and O–H groups in total. The number of rotatable bonds is 3. The molecule has 1 aromatic carbocycles. The highest BCUT2D eigenvalue weighted by molar-refractivity contribution is 6.44. The fraction of sp³-hybridized carbons (Fsp3) is 0.533. The van der Waals surface area contributed by atoms with Gasteiger partial charge in [0, 0.05) is 12.7 Å². The molecular formula is C15H18Cl2O2. The molecule has 0 amide bonds. The van der Waals surface area contributed by atoms with Crippen LogP contribution in [0.2, 0.25) is 10.0 Å². The number of hydrogen-bond acceptors (Lipinski definition) is 2. The van der Waals surface area contributed by atoms with Gasteiger partial charge in [0.05, 0.1) is 10.0 Å². The summed E-state index contributed by atoms with van der Waals surface area (Å²) in [7, 11) is 1.61. The lowest BCUT2D eigenvalue weighted by Gasteiger charge is -2.30. The number of carbonyl (C=O) groups excluding carboxylic acids is 1. The van der Waals surface area contributed by atoms with E-state index in [0.717, 1.165) is 38.5 Å². The van der Waals surface area contributed by atoms with E-state index in [0.29, 0.717) is 15.6 Å². The van der Waals surface area contributed by atoms with Crippen LogP contribution in [0.3, 0.4) is 0 Å². The molecule has 1 fully saturated rings. The summed E-state index contributed by atoms with van der Waals surface area (Å²) in [5.74, 6) is -0.0376. The molecule has 0 saturated heterocycles. The molecule has 0 spiro atoms. The van der Waals surface area contributed by atoms with E-state index >= 15 is 0 Å². The van der Waals surface area contributed by atoms with E-state index in [9.17, 15) is 4.79 Å². The maximum absolute atomic E-state index is 12.8. The highest BCUT2D eigenvalue weighted by atomic mass is 35.5. The van der Waals surface area contributed by atoms with Crippen molar-refractivity contribution in [2.45, 2.75) is 44.1 Å². The Morgan fingerprint density at radius 3 is 2.37 bits per heavy atom. The average Bonchev–Trinajstić information content (AvgIpc) is 2.67. The van der Waals surface area contributed by atoms with Crippen LogP contribution in [0, 0.1) is 0 Å². The number of benzene rings is 1. The molecule has 1 saturated carbocycles. The molecule has 0 bridgehead atoms. The Kier molecular flexibility index (Phi) is 4.88. The quantitative estimate of drug-likeness (QED) is 0.585. The molecule has 0 unspecified atom stereocenters. The first kappa shape index (κ1) is 14.8. The molecule has 1 aliphatic rings. The second-order valence-electron chi connectivity index (χ2n) is 5.04. The SMILES string of the molecule is COC1(C(=O)c2cccc(Cl)c2Cl)CCCCCC1. The molecule has 0 heterocycles. The van der Waals surface area contributed by atoms with Gasteiger partial charge in [0.25, 0.3) is 0 Å². The predicted molar refractivity (Wildman–Crippen MR) is 78.2 cm³/mol. The first-order valence-corrected chi connectivity index (χ1v) is 7.40. The second-order valence-corrected chi connectivity index (χ2v) is 5.83. The first-order valence-electron chi connectivity index (χ1n) is 6.65. The van der Waals surface area contributed by atoms with Gasteiger partial charge in [-0.25, -0.2) is 0 Å². The molecule has 1 aromatic rings. The lowest BCUT2D eigenvalue weighted by molar-refractivity contribution is -0.00691. The summed E-state index contributed by atoms with van der Waals surface area (Å²) < 4.78 is 5.62. The van der Waals surface area contributed by atoms with Crippen LogP contribution in [0.15, 0.2) is 18.2 Å². The summed E-state index contributed by atoms with van der Waals surface area (Å²) in [4.78, 5) is 12.8. The number of methoxy groups -OCH3 is 1.